The maximum Gasteiger partial charge on any atom is 0.344 e. The van der Waals surface area contributed by atoms with Gasteiger partial charge in [0.2, 0.25) is 0 Å². The Hall–Kier alpha value is -4.45. The lowest BCUT2D eigenvalue weighted by molar-refractivity contribution is -0.144. The number of amides is 4. The van der Waals surface area contributed by atoms with E-state index in [9.17, 15) is 28.3 Å². The summed E-state index contributed by atoms with van der Waals surface area (Å²) in [5.41, 5.74) is 2.11. The van der Waals surface area contributed by atoms with Gasteiger partial charge in [0.1, 0.15) is 12.0 Å². The highest BCUT2D eigenvalue weighted by Crippen LogP contribution is 2.42. The van der Waals surface area contributed by atoms with Gasteiger partial charge in [0.15, 0.2) is 17.7 Å². The largest absolute Gasteiger partial charge is 0.479 e. The third kappa shape index (κ3) is 5.49. The van der Waals surface area contributed by atoms with Crippen molar-refractivity contribution in [1.82, 2.24) is 14.7 Å². The maximum absolute atomic E-state index is 14.2. The van der Waals surface area contributed by atoms with E-state index in [4.69, 9.17) is 9.15 Å². The van der Waals surface area contributed by atoms with Gasteiger partial charge >= 0.3 is 18.0 Å². The van der Waals surface area contributed by atoms with Crippen molar-refractivity contribution in [3.8, 4) is 5.75 Å². The number of halogens is 2. The molecule has 3 aromatic rings. The number of anilines is 1. The number of aliphatic carboxylic acids is 1. The highest BCUT2D eigenvalue weighted by atomic mass is 19.2. The number of benzene rings is 2. The maximum atomic E-state index is 14.2. The van der Waals surface area contributed by atoms with Crippen molar-refractivity contribution in [2.24, 2.45) is 0 Å². The summed E-state index contributed by atoms with van der Waals surface area (Å²) >= 11 is 0. The molecule has 1 aliphatic carbocycles. The van der Waals surface area contributed by atoms with Crippen LogP contribution in [0, 0.1) is 11.6 Å². The van der Waals surface area contributed by atoms with Crippen LogP contribution in [0.2, 0.25) is 0 Å². The first-order valence-corrected chi connectivity index (χ1v) is 14.7. The Morgan fingerprint density at radius 3 is 2.48 bits per heavy atom. The molecule has 1 unspecified atom stereocenters. The predicted molar refractivity (Wildman–Crippen MR) is 155 cm³/mol. The fraction of sp³-hybridized carbons (Fsp3) is 0.406. The number of nitrogens with zero attached hydrogens (tertiary/aromatic N) is 3. The zero-order chi connectivity index (χ0) is 31.1. The fourth-order valence-corrected chi connectivity index (χ4v) is 6.54. The van der Waals surface area contributed by atoms with Crippen LogP contribution >= 0.6 is 0 Å². The molecule has 12 heteroatoms. The Labute approximate surface area is 253 Å². The molecule has 0 radical (unpaired) electrons. The van der Waals surface area contributed by atoms with Crippen LogP contribution in [0.4, 0.5) is 24.1 Å². The fourth-order valence-electron chi connectivity index (χ4n) is 6.54. The molecule has 232 valence electrons. The van der Waals surface area contributed by atoms with E-state index in [-0.39, 0.29) is 17.5 Å². The number of likely N-dealkylation sites (N-methyl/N-ethyl adjacent to an activating group) is 1. The van der Waals surface area contributed by atoms with Crippen LogP contribution < -0.4 is 10.1 Å². The Kier molecular flexibility index (Phi) is 8.02. The monoisotopic (exact) mass is 608 g/mol. The smallest absolute Gasteiger partial charge is 0.344 e. The van der Waals surface area contributed by atoms with Gasteiger partial charge in [-0.25, -0.2) is 28.1 Å². The van der Waals surface area contributed by atoms with Crippen molar-refractivity contribution in [3.63, 3.8) is 0 Å². The van der Waals surface area contributed by atoms with E-state index >= 15 is 0 Å². The number of para-hydroxylation sites is 1. The normalized spacial score (nSPS) is 22.9. The second-order valence-corrected chi connectivity index (χ2v) is 11.8. The third-order valence-electron chi connectivity index (χ3n) is 9.13. The number of carbonyl (C=O) groups excluding carboxylic acids is 2. The number of carboxylic acids is 1. The molecule has 10 nitrogen and oxygen atoms in total. The van der Waals surface area contributed by atoms with E-state index in [0.717, 1.165) is 48.3 Å². The van der Waals surface area contributed by atoms with Crippen molar-refractivity contribution in [3.05, 3.63) is 83.3 Å². The summed E-state index contributed by atoms with van der Waals surface area (Å²) in [5.74, 6) is -2.23. The van der Waals surface area contributed by atoms with Gasteiger partial charge < -0.3 is 24.5 Å². The summed E-state index contributed by atoms with van der Waals surface area (Å²) in [7, 11) is 1.65. The van der Waals surface area contributed by atoms with E-state index in [2.05, 4.69) is 10.2 Å². The van der Waals surface area contributed by atoms with E-state index < -0.39 is 41.8 Å². The van der Waals surface area contributed by atoms with Crippen molar-refractivity contribution < 1.29 is 37.4 Å². The molecule has 4 amide bonds. The number of hydrogen-bond donors (Lipinski definition) is 2. The first-order valence-electron chi connectivity index (χ1n) is 14.7. The van der Waals surface area contributed by atoms with Crippen LogP contribution in [0.5, 0.6) is 5.75 Å². The van der Waals surface area contributed by atoms with Crippen LogP contribution in [-0.2, 0) is 4.79 Å². The zero-order valence-electron chi connectivity index (χ0n) is 24.4. The SMILES string of the molecule is CC(Oc1ccccc1C1CCC(N2CC(N(C)C(=O)N3C(=O)Nc4cocc4[C@@H]3c3ccc(F)c(F)c3)C2)CC1)C(=O)O. The molecule has 3 aliphatic rings. The van der Waals surface area contributed by atoms with Gasteiger partial charge in [-0.05, 0) is 67.9 Å². The average Bonchev–Trinajstić information content (AvgIpc) is 3.45. The summed E-state index contributed by atoms with van der Waals surface area (Å²) in [6, 6.07) is 8.95. The van der Waals surface area contributed by atoms with Gasteiger partial charge in [0.05, 0.1) is 24.0 Å². The van der Waals surface area contributed by atoms with Gasteiger partial charge in [-0.3, -0.25) is 4.90 Å². The molecular weight excluding hydrogens is 574 g/mol. The Morgan fingerprint density at radius 2 is 1.77 bits per heavy atom. The molecule has 2 N–H and O–H groups in total. The topological polar surface area (TPSA) is 116 Å². The average molecular weight is 609 g/mol. The Morgan fingerprint density at radius 1 is 1.05 bits per heavy atom. The molecule has 6 rings (SSSR count). The van der Waals surface area contributed by atoms with Gasteiger partial charge in [0.25, 0.3) is 0 Å². The van der Waals surface area contributed by atoms with Crippen LogP contribution in [0.1, 0.15) is 61.3 Å². The quantitative estimate of drug-likeness (QED) is 0.348. The van der Waals surface area contributed by atoms with Gasteiger partial charge in [0, 0.05) is 31.7 Å². The molecule has 1 saturated heterocycles. The van der Waals surface area contributed by atoms with Crippen molar-refractivity contribution in [1.29, 1.82) is 0 Å². The lowest BCUT2D eigenvalue weighted by atomic mass is 9.80. The number of urea groups is 2. The molecule has 2 aliphatic heterocycles. The molecule has 0 spiro atoms. The minimum Gasteiger partial charge on any atom is -0.479 e. The van der Waals surface area contributed by atoms with Crippen molar-refractivity contribution in [2.45, 2.75) is 62.8 Å². The molecule has 44 heavy (non-hydrogen) atoms. The standard InChI is InChI=1S/C32H34F2N4O6/c1-18(30(39)40)44-28-6-4-3-5-23(28)19-7-10-21(11-8-19)37-14-22(15-37)36(2)32(42)38-29(20-9-12-25(33)26(34)13-20)24-16-43-17-27(24)35-31(38)41/h3-6,9,12-13,16-19,21-22,29H,7-8,10-11,14-15H2,1-2H3,(H,35,41)(H,39,40)/t18?,19?,21?,29-/m0/s1. The van der Waals surface area contributed by atoms with E-state index in [1.54, 1.807) is 7.05 Å². The number of hydrogen-bond acceptors (Lipinski definition) is 6. The predicted octanol–water partition coefficient (Wildman–Crippen LogP) is 5.81. The number of nitrogens with one attached hydrogen (secondary N) is 1. The lowest BCUT2D eigenvalue weighted by Gasteiger charge is -2.50. The van der Waals surface area contributed by atoms with Crippen molar-refractivity contribution >= 4 is 23.7 Å². The minimum atomic E-state index is -1.07. The van der Waals surface area contributed by atoms with Crippen LogP contribution in [-0.4, -0.2) is 76.2 Å². The summed E-state index contributed by atoms with van der Waals surface area (Å²) in [4.78, 5) is 43.1. The first kappa shape index (κ1) is 29.6. The van der Waals surface area contributed by atoms with Crippen molar-refractivity contribution in [2.75, 3.05) is 25.5 Å². The minimum absolute atomic E-state index is 0.129. The summed E-state index contributed by atoms with van der Waals surface area (Å²) < 4.78 is 38.9. The highest BCUT2D eigenvalue weighted by Gasteiger charge is 2.44. The molecular formula is C32H34F2N4O6. The Bertz CT molecular complexity index is 1570. The number of imide groups is 1. The molecule has 2 aromatic carbocycles. The first-order chi connectivity index (χ1) is 21.1. The summed E-state index contributed by atoms with van der Waals surface area (Å²) in [6.07, 6.45) is 5.56. The number of likely N-dealkylation sites (tertiary alicyclic amines) is 1. The van der Waals surface area contributed by atoms with Gasteiger partial charge in [-0.1, -0.05) is 24.3 Å². The van der Waals surface area contributed by atoms with Crippen LogP contribution in [0.15, 0.2) is 59.4 Å². The molecule has 0 bridgehead atoms. The van der Waals surface area contributed by atoms with Gasteiger partial charge in [-0.15, -0.1) is 0 Å². The summed E-state index contributed by atoms with van der Waals surface area (Å²) in [5, 5.41) is 11.9. The number of ether oxygens (including phenoxy) is 1. The molecule has 3 heterocycles. The molecule has 2 fully saturated rings. The number of rotatable bonds is 7. The van der Waals surface area contributed by atoms with Gasteiger partial charge in [-0.2, -0.15) is 0 Å². The molecule has 1 saturated carbocycles. The van der Waals surface area contributed by atoms with E-state index in [0.29, 0.717) is 36.1 Å². The number of fused-ring (bicyclic) bond motifs is 1. The highest BCUT2D eigenvalue weighted by molar-refractivity contribution is 6.04. The second-order valence-electron chi connectivity index (χ2n) is 11.8. The third-order valence-corrected chi connectivity index (χ3v) is 9.13. The second kappa shape index (κ2) is 11.9. The van der Waals surface area contributed by atoms with E-state index in [1.165, 1.54) is 30.4 Å². The van der Waals surface area contributed by atoms with E-state index in [1.807, 2.05) is 24.3 Å². The summed E-state index contributed by atoms with van der Waals surface area (Å²) in [6.45, 7) is 2.82. The number of furan rings is 1. The van der Waals surface area contributed by atoms with Crippen LogP contribution in [0.3, 0.4) is 0 Å². The molecule has 1 aromatic heterocycles. The Balaban J connectivity index is 1.09. The number of carbonyl (C=O) groups is 3. The lowest BCUT2D eigenvalue weighted by Crippen LogP contribution is -2.65. The zero-order valence-corrected chi connectivity index (χ0v) is 24.4. The molecule has 2 atom stereocenters. The number of carboxylic acid groups (broad SMARTS) is 1. The van der Waals surface area contributed by atoms with Crippen LogP contribution in [0.25, 0.3) is 0 Å².